The van der Waals surface area contributed by atoms with Crippen molar-refractivity contribution in [1.82, 2.24) is 29.2 Å². The number of nitrogens with two attached hydrogens (primary N) is 1. The van der Waals surface area contributed by atoms with Crippen molar-refractivity contribution in [1.29, 1.82) is 0 Å². The number of nitrogens with one attached hydrogen (secondary N) is 1. The third-order valence-corrected chi connectivity index (χ3v) is 10.2. The minimum atomic E-state index is -4.40. The predicted octanol–water partition coefficient (Wildman–Crippen LogP) is 1.75. The lowest BCUT2D eigenvalue weighted by molar-refractivity contribution is -0.141. The number of imide groups is 1. The first-order valence-electron chi connectivity index (χ1n) is 14.7. The van der Waals surface area contributed by atoms with Gasteiger partial charge in [-0.25, -0.2) is 14.0 Å². The van der Waals surface area contributed by atoms with E-state index in [1.165, 1.54) is 29.2 Å². The van der Waals surface area contributed by atoms with Crippen LogP contribution >= 0.6 is 0 Å². The standard InChI is InChI=1S/C30H32FN7O7S/c1-35-17-22(15-33-35)20-4-7-25-21(14-20)8-11-30(25)27(40)38(29(42)34-30)18-26(39)37(16-19-2-5-23(31)6-3-19)24-9-12-36(13-10-24)46(43,44)45-28(32)41/h2-7,14-15,17,24H,8-13,16,18H2,1H3,(H2,32,41)(H,34,42). The van der Waals surface area contributed by atoms with Crippen LogP contribution in [-0.2, 0) is 49.6 Å². The van der Waals surface area contributed by atoms with Gasteiger partial charge >= 0.3 is 22.4 Å². The maximum atomic E-state index is 13.9. The number of fused-ring (bicyclic) bond motifs is 2. The molecular formula is C30H32FN7O7S. The lowest BCUT2D eigenvalue weighted by Gasteiger charge is -2.38. The number of amides is 5. The summed E-state index contributed by atoms with van der Waals surface area (Å²) in [5.41, 5.74) is 7.66. The van der Waals surface area contributed by atoms with Crippen molar-refractivity contribution in [3.05, 3.63) is 77.4 Å². The lowest BCUT2D eigenvalue weighted by Crippen LogP contribution is -2.52. The van der Waals surface area contributed by atoms with Gasteiger partial charge in [0, 0.05) is 44.5 Å². The number of benzene rings is 2. The Kier molecular flexibility index (Phi) is 8.02. The van der Waals surface area contributed by atoms with Crippen molar-refractivity contribution in [2.45, 2.75) is 43.8 Å². The Morgan fingerprint density at radius 3 is 2.50 bits per heavy atom. The number of urea groups is 1. The van der Waals surface area contributed by atoms with E-state index < -0.39 is 58.2 Å². The van der Waals surface area contributed by atoms with Crippen LogP contribution in [0.1, 0.15) is 36.0 Å². The van der Waals surface area contributed by atoms with Gasteiger partial charge in [-0.3, -0.25) is 19.2 Å². The van der Waals surface area contributed by atoms with Gasteiger partial charge < -0.3 is 20.1 Å². The zero-order valence-corrected chi connectivity index (χ0v) is 25.7. The number of halogens is 1. The van der Waals surface area contributed by atoms with Gasteiger partial charge in [-0.1, -0.05) is 30.3 Å². The van der Waals surface area contributed by atoms with Crippen LogP contribution in [0.3, 0.4) is 0 Å². The smallest absolute Gasteiger partial charge is 0.334 e. The molecule has 5 amide bonds. The van der Waals surface area contributed by atoms with Crippen LogP contribution < -0.4 is 11.1 Å². The molecule has 46 heavy (non-hydrogen) atoms. The molecule has 1 aromatic heterocycles. The van der Waals surface area contributed by atoms with Gasteiger partial charge in [-0.2, -0.15) is 17.8 Å². The third-order valence-electron chi connectivity index (χ3n) is 8.80. The Hall–Kier alpha value is -4.83. The van der Waals surface area contributed by atoms with E-state index in [4.69, 9.17) is 5.73 Å². The number of hydrogen-bond acceptors (Lipinski definition) is 8. The Balaban J connectivity index is 1.21. The molecule has 3 N–H and O–H groups in total. The molecule has 6 rings (SSSR count). The summed E-state index contributed by atoms with van der Waals surface area (Å²) >= 11 is 0. The summed E-state index contributed by atoms with van der Waals surface area (Å²) in [5, 5.41) is 7.06. The van der Waals surface area contributed by atoms with E-state index in [2.05, 4.69) is 14.6 Å². The minimum absolute atomic E-state index is 0.0308. The first-order chi connectivity index (χ1) is 21.9. The average Bonchev–Trinajstić information content (AvgIpc) is 3.68. The lowest BCUT2D eigenvalue weighted by atomic mass is 9.90. The Morgan fingerprint density at radius 1 is 1.13 bits per heavy atom. The Bertz CT molecular complexity index is 1820. The van der Waals surface area contributed by atoms with Gasteiger partial charge in [-0.05, 0) is 60.1 Å². The number of hydrogen-bond donors (Lipinski definition) is 2. The highest BCUT2D eigenvalue weighted by Gasteiger charge is 2.56. The molecule has 2 aromatic carbocycles. The topological polar surface area (TPSA) is 177 Å². The van der Waals surface area contributed by atoms with Crippen LogP contribution in [0.2, 0.25) is 0 Å². The summed E-state index contributed by atoms with van der Waals surface area (Å²) in [6.45, 7) is -0.655. The summed E-state index contributed by atoms with van der Waals surface area (Å²) in [5.74, 6) is -1.52. The number of piperidine rings is 1. The SMILES string of the molecule is Cn1cc(-c2ccc3c(c2)CCC32NC(=O)N(CC(=O)N(Cc3ccc(F)cc3)C3CCN(S(=O)(=O)OC(N)=O)CC3)C2=O)cn1. The molecule has 242 valence electrons. The first-order valence-corrected chi connectivity index (χ1v) is 16.0. The summed E-state index contributed by atoms with van der Waals surface area (Å²) < 4.78 is 45.2. The quantitative estimate of drug-likeness (QED) is 0.346. The molecule has 1 spiro atoms. The van der Waals surface area contributed by atoms with Gasteiger partial charge in [0.05, 0.1) is 6.20 Å². The van der Waals surface area contributed by atoms with Crippen LogP contribution in [0.25, 0.3) is 11.1 Å². The summed E-state index contributed by atoms with van der Waals surface area (Å²) in [7, 11) is -2.58. The second-order valence-corrected chi connectivity index (χ2v) is 13.2. The van der Waals surface area contributed by atoms with Crippen molar-refractivity contribution < 1.29 is 36.2 Å². The molecule has 2 fully saturated rings. The fourth-order valence-electron chi connectivity index (χ4n) is 6.51. The van der Waals surface area contributed by atoms with E-state index in [0.717, 1.165) is 25.9 Å². The molecule has 1 aliphatic carbocycles. The van der Waals surface area contributed by atoms with Crippen molar-refractivity contribution in [2.24, 2.45) is 12.8 Å². The van der Waals surface area contributed by atoms with Gasteiger partial charge in [0.1, 0.15) is 17.9 Å². The van der Waals surface area contributed by atoms with Gasteiger partial charge in [0.2, 0.25) is 5.91 Å². The zero-order valence-electron chi connectivity index (χ0n) is 24.9. The Labute approximate surface area is 264 Å². The van der Waals surface area contributed by atoms with E-state index in [0.29, 0.717) is 24.0 Å². The Morgan fingerprint density at radius 2 is 1.85 bits per heavy atom. The number of primary amides is 1. The van der Waals surface area contributed by atoms with Gasteiger partial charge in [0.15, 0.2) is 0 Å². The molecule has 3 aromatic rings. The fraction of sp³-hybridized carbons (Fsp3) is 0.367. The van der Waals surface area contributed by atoms with Crippen molar-refractivity contribution in [2.75, 3.05) is 19.6 Å². The van der Waals surface area contributed by atoms with E-state index in [1.807, 2.05) is 31.4 Å². The monoisotopic (exact) mass is 653 g/mol. The highest BCUT2D eigenvalue weighted by atomic mass is 32.2. The van der Waals surface area contributed by atoms with Crippen LogP contribution in [-0.4, -0.2) is 81.9 Å². The number of carbonyl (C=O) groups is 4. The van der Waals surface area contributed by atoms with Gasteiger partial charge in [-0.15, -0.1) is 0 Å². The highest BCUT2D eigenvalue weighted by molar-refractivity contribution is 7.84. The summed E-state index contributed by atoms with van der Waals surface area (Å²) in [6.07, 6.45) is 3.41. The molecule has 2 aliphatic heterocycles. The molecule has 14 nitrogen and oxygen atoms in total. The molecule has 0 saturated carbocycles. The summed E-state index contributed by atoms with van der Waals surface area (Å²) in [6, 6.07) is 10.1. The van der Waals surface area contributed by atoms with E-state index in [-0.39, 0.29) is 32.5 Å². The largest absolute Gasteiger partial charge is 0.421 e. The number of aromatic nitrogens is 2. The molecule has 0 radical (unpaired) electrons. The average molecular weight is 654 g/mol. The highest BCUT2D eigenvalue weighted by Crippen LogP contribution is 2.42. The van der Waals surface area contributed by atoms with Gasteiger partial charge in [0.25, 0.3) is 5.91 Å². The second kappa shape index (κ2) is 11.8. The predicted molar refractivity (Wildman–Crippen MR) is 160 cm³/mol. The van der Waals surface area contributed by atoms with Crippen molar-refractivity contribution in [3.63, 3.8) is 0 Å². The second-order valence-electron chi connectivity index (χ2n) is 11.6. The summed E-state index contributed by atoms with van der Waals surface area (Å²) in [4.78, 5) is 54.5. The molecule has 1 atom stereocenters. The maximum absolute atomic E-state index is 13.9. The molecule has 2 saturated heterocycles. The molecule has 3 heterocycles. The maximum Gasteiger partial charge on any atom is 0.421 e. The minimum Gasteiger partial charge on any atom is -0.334 e. The molecule has 16 heteroatoms. The number of nitrogens with zero attached hydrogens (tertiary/aromatic N) is 5. The third kappa shape index (κ3) is 5.80. The molecule has 3 aliphatic rings. The number of rotatable bonds is 8. The van der Waals surface area contributed by atoms with Crippen molar-refractivity contribution in [3.8, 4) is 11.1 Å². The van der Waals surface area contributed by atoms with E-state index in [9.17, 15) is 32.0 Å². The molecule has 1 unspecified atom stereocenters. The van der Waals surface area contributed by atoms with Crippen molar-refractivity contribution >= 4 is 34.2 Å². The van der Waals surface area contributed by atoms with E-state index in [1.54, 1.807) is 10.9 Å². The van der Waals surface area contributed by atoms with Crippen LogP contribution in [0.5, 0.6) is 0 Å². The molecule has 0 bridgehead atoms. The zero-order chi connectivity index (χ0) is 32.8. The van der Waals surface area contributed by atoms with Crippen LogP contribution in [0.4, 0.5) is 14.0 Å². The van der Waals surface area contributed by atoms with Crippen LogP contribution in [0, 0.1) is 5.82 Å². The van der Waals surface area contributed by atoms with Crippen LogP contribution in [0.15, 0.2) is 54.9 Å². The number of carbonyl (C=O) groups excluding carboxylic acids is 4. The van der Waals surface area contributed by atoms with E-state index >= 15 is 0 Å². The fourth-order valence-corrected chi connectivity index (χ4v) is 7.48. The number of aryl methyl sites for hydroxylation is 2. The normalized spacial score (nSPS) is 20.2. The first kappa shape index (κ1) is 31.2. The molecular weight excluding hydrogens is 621 g/mol.